The Morgan fingerprint density at radius 1 is 1.43 bits per heavy atom. The zero-order valence-electron chi connectivity index (χ0n) is 12.3. The minimum Gasteiger partial charge on any atom is -0.445 e. The number of carbonyl (C=O) groups excluding carboxylic acids is 1. The highest BCUT2D eigenvalue weighted by atomic mass is 16.6. The zero-order valence-corrected chi connectivity index (χ0v) is 12.3. The van der Waals surface area contributed by atoms with Crippen LogP contribution in [-0.4, -0.2) is 49.0 Å². The molecule has 21 heavy (non-hydrogen) atoms. The van der Waals surface area contributed by atoms with Crippen LogP contribution in [0.1, 0.15) is 18.9 Å². The van der Waals surface area contributed by atoms with Crippen LogP contribution in [0.15, 0.2) is 30.3 Å². The molecule has 114 valence electrons. The molecule has 2 saturated heterocycles. The Labute approximate surface area is 124 Å². The van der Waals surface area contributed by atoms with Gasteiger partial charge in [-0.1, -0.05) is 30.3 Å². The SMILES string of the molecule is CC1CC2(COCCN(C(=O)OCc3ccccc3)C2)O1. The van der Waals surface area contributed by atoms with Gasteiger partial charge >= 0.3 is 6.09 Å². The third-order valence-corrected chi connectivity index (χ3v) is 3.92. The van der Waals surface area contributed by atoms with Crippen molar-refractivity contribution in [3.8, 4) is 0 Å². The van der Waals surface area contributed by atoms with E-state index >= 15 is 0 Å². The zero-order chi connectivity index (χ0) is 14.7. The van der Waals surface area contributed by atoms with Crippen molar-refractivity contribution >= 4 is 6.09 Å². The maximum atomic E-state index is 12.2. The fourth-order valence-electron chi connectivity index (χ4n) is 3.01. The number of nitrogens with zero attached hydrogens (tertiary/aromatic N) is 1. The first-order valence-corrected chi connectivity index (χ1v) is 7.38. The van der Waals surface area contributed by atoms with Gasteiger partial charge in [-0.05, 0) is 12.5 Å². The van der Waals surface area contributed by atoms with Crippen molar-refractivity contribution in [2.75, 3.05) is 26.3 Å². The van der Waals surface area contributed by atoms with Crippen LogP contribution in [-0.2, 0) is 20.8 Å². The quantitative estimate of drug-likeness (QED) is 0.838. The predicted molar refractivity (Wildman–Crippen MR) is 76.9 cm³/mol. The van der Waals surface area contributed by atoms with Gasteiger partial charge in [0.2, 0.25) is 0 Å². The van der Waals surface area contributed by atoms with Crippen LogP contribution >= 0.6 is 0 Å². The Kier molecular flexibility index (Phi) is 4.12. The van der Waals surface area contributed by atoms with Crippen molar-refractivity contribution in [3.05, 3.63) is 35.9 Å². The molecular formula is C16H21NO4. The highest BCUT2D eigenvalue weighted by molar-refractivity contribution is 5.67. The molecule has 2 unspecified atom stereocenters. The third kappa shape index (κ3) is 3.36. The van der Waals surface area contributed by atoms with E-state index in [0.717, 1.165) is 12.0 Å². The number of carbonyl (C=O) groups is 1. The van der Waals surface area contributed by atoms with Crippen LogP contribution in [0.2, 0.25) is 0 Å². The lowest BCUT2D eigenvalue weighted by Crippen LogP contribution is -2.58. The van der Waals surface area contributed by atoms with Crippen LogP contribution in [0, 0.1) is 0 Å². The molecule has 0 radical (unpaired) electrons. The topological polar surface area (TPSA) is 48.0 Å². The average molecular weight is 291 g/mol. The lowest BCUT2D eigenvalue weighted by Gasteiger charge is -2.46. The van der Waals surface area contributed by atoms with Crippen LogP contribution in [0.5, 0.6) is 0 Å². The molecule has 0 bridgehead atoms. The molecule has 1 aromatic rings. The molecule has 1 amide bonds. The van der Waals surface area contributed by atoms with Gasteiger partial charge in [-0.3, -0.25) is 0 Å². The summed E-state index contributed by atoms with van der Waals surface area (Å²) in [5, 5.41) is 0. The van der Waals surface area contributed by atoms with Crippen molar-refractivity contribution < 1.29 is 19.0 Å². The highest BCUT2D eigenvalue weighted by Crippen LogP contribution is 2.35. The molecular weight excluding hydrogens is 270 g/mol. The molecule has 5 nitrogen and oxygen atoms in total. The third-order valence-electron chi connectivity index (χ3n) is 3.92. The van der Waals surface area contributed by atoms with E-state index in [0.29, 0.717) is 32.9 Å². The predicted octanol–water partition coefficient (Wildman–Crippen LogP) is 2.20. The molecule has 1 aromatic carbocycles. The van der Waals surface area contributed by atoms with Gasteiger partial charge in [0.25, 0.3) is 0 Å². The molecule has 0 aliphatic carbocycles. The fraction of sp³-hybridized carbons (Fsp3) is 0.562. The molecule has 0 N–H and O–H groups in total. The van der Waals surface area contributed by atoms with Crippen molar-refractivity contribution in [2.24, 2.45) is 0 Å². The second-order valence-corrected chi connectivity index (χ2v) is 5.83. The Morgan fingerprint density at radius 2 is 2.19 bits per heavy atom. The Morgan fingerprint density at radius 3 is 2.90 bits per heavy atom. The molecule has 2 aliphatic rings. The molecule has 2 fully saturated rings. The van der Waals surface area contributed by atoms with E-state index in [1.807, 2.05) is 37.3 Å². The maximum absolute atomic E-state index is 12.2. The first kappa shape index (κ1) is 14.4. The van der Waals surface area contributed by atoms with Crippen molar-refractivity contribution in [3.63, 3.8) is 0 Å². The van der Waals surface area contributed by atoms with E-state index in [1.54, 1.807) is 4.90 Å². The van der Waals surface area contributed by atoms with Crippen LogP contribution in [0.4, 0.5) is 4.79 Å². The van der Waals surface area contributed by atoms with Crippen LogP contribution < -0.4 is 0 Å². The number of rotatable bonds is 2. The Hall–Kier alpha value is -1.59. The summed E-state index contributed by atoms with van der Waals surface area (Å²) in [5.74, 6) is 0. The summed E-state index contributed by atoms with van der Waals surface area (Å²) in [5.41, 5.74) is 0.655. The monoisotopic (exact) mass is 291 g/mol. The summed E-state index contributed by atoms with van der Waals surface area (Å²) in [6.45, 7) is 4.51. The minimum atomic E-state index is -0.332. The number of hydrogen-bond acceptors (Lipinski definition) is 4. The smallest absolute Gasteiger partial charge is 0.410 e. The van der Waals surface area contributed by atoms with E-state index in [2.05, 4.69) is 0 Å². The van der Waals surface area contributed by atoms with E-state index in [1.165, 1.54) is 0 Å². The van der Waals surface area contributed by atoms with Gasteiger partial charge in [0.15, 0.2) is 0 Å². The Bertz CT molecular complexity index is 484. The lowest BCUT2D eigenvalue weighted by atomic mass is 9.90. The van der Waals surface area contributed by atoms with Gasteiger partial charge < -0.3 is 19.1 Å². The molecule has 1 spiro atoms. The largest absolute Gasteiger partial charge is 0.445 e. The standard InChI is InChI=1S/C16H21NO4/c1-13-9-16(21-13)11-17(7-8-19-12-16)15(18)20-10-14-5-3-2-4-6-14/h2-6,13H,7-12H2,1H3. The Balaban J connectivity index is 1.56. The highest BCUT2D eigenvalue weighted by Gasteiger charge is 2.47. The number of amides is 1. The van der Waals surface area contributed by atoms with Crippen LogP contribution in [0.25, 0.3) is 0 Å². The number of ether oxygens (including phenoxy) is 3. The summed E-state index contributed by atoms with van der Waals surface area (Å²) in [6.07, 6.45) is 0.871. The normalized spacial score (nSPS) is 28.8. The second kappa shape index (κ2) is 6.03. The molecule has 2 heterocycles. The van der Waals surface area contributed by atoms with Gasteiger partial charge in [0, 0.05) is 13.0 Å². The summed E-state index contributed by atoms with van der Waals surface area (Å²) in [7, 11) is 0. The minimum absolute atomic E-state index is 0.244. The van der Waals surface area contributed by atoms with Crippen molar-refractivity contribution in [1.29, 1.82) is 0 Å². The van der Waals surface area contributed by atoms with Crippen LogP contribution in [0.3, 0.4) is 0 Å². The number of benzene rings is 1. The van der Waals surface area contributed by atoms with Gasteiger partial charge in [-0.2, -0.15) is 0 Å². The van der Waals surface area contributed by atoms with Gasteiger partial charge in [-0.25, -0.2) is 4.79 Å². The van der Waals surface area contributed by atoms with Gasteiger partial charge in [0.1, 0.15) is 12.2 Å². The lowest BCUT2D eigenvalue weighted by molar-refractivity contribution is -0.219. The van der Waals surface area contributed by atoms with E-state index in [9.17, 15) is 4.79 Å². The van der Waals surface area contributed by atoms with Gasteiger partial charge in [-0.15, -0.1) is 0 Å². The molecule has 5 heteroatoms. The maximum Gasteiger partial charge on any atom is 0.410 e. The first-order valence-electron chi connectivity index (χ1n) is 7.38. The summed E-state index contributed by atoms with van der Waals surface area (Å²) < 4.78 is 16.8. The van der Waals surface area contributed by atoms with E-state index in [-0.39, 0.29) is 17.8 Å². The molecule has 2 aliphatic heterocycles. The molecule has 2 atom stereocenters. The van der Waals surface area contributed by atoms with E-state index < -0.39 is 0 Å². The summed E-state index contributed by atoms with van der Waals surface area (Å²) >= 11 is 0. The fourth-order valence-corrected chi connectivity index (χ4v) is 3.01. The summed E-state index contributed by atoms with van der Waals surface area (Å²) in [4.78, 5) is 13.9. The average Bonchev–Trinajstić information content (AvgIpc) is 2.69. The van der Waals surface area contributed by atoms with Crippen molar-refractivity contribution in [2.45, 2.75) is 31.7 Å². The summed E-state index contributed by atoms with van der Waals surface area (Å²) in [6, 6.07) is 9.69. The van der Waals surface area contributed by atoms with Crippen molar-refractivity contribution in [1.82, 2.24) is 4.90 Å². The first-order chi connectivity index (χ1) is 10.2. The van der Waals surface area contributed by atoms with Gasteiger partial charge in [0.05, 0.1) is 25.9 Å². The second-order valence-electron chi connectivity index (χ2n) is 5.83. The molecule has 3 rings (SSSR count). The molecule has 0 saturated carbocycles. The van der Waals surface area contributed by atoms with E-state index in [4.69, 9.17) is 14.2 Å². The molecule has 0 aromatic heterocycles. The number of hydrogen-bond donors (Lipinski definition) is 0.